The number of aromatic nitrogens is 1. The smallest absolute Gasteiger partial charge is 0.0896 e. The van der Waals surface area contributed by atoms with Crippen molar-refractivity contribution in [2.45, 2.75) is 46.0 Å². The minimum atomic E-state index is 0.817. The van der Waals surface area contributed by atoms with E-state index in [1.54, 1.807) is 0 Å². The Labute approximate surface area is 109 Å². The van der Waals surface area contributed by atoms with Crippen LogP contribution in [0.2, 0.25) is 0 Å². The molecule has 1 atom stereocenters. The molecule has 0 bridgehead atoms. The predicted octanol–water partition coefficient (Wildman–Crippen LogP) is 3.41. The van der Waals surface area contributed by atoms with Crippen molar-refractivity contribution in [3.05, 3.63) is 16.1 Å². The summed E-state index contributed by atoms with van der Waals surface area (Å²) in [6.07, 6.45) is 9.06. The van der Waals surface area contributed by atoms with E-state index in [4.69, 9.17) is 0 Å². The zero-order valence-electron chi connectivity index (χ0n) is 11.0. The van der Waals surface area contributed by atoms with Gasteiger partial charge in [0.2, 0.25) is 0 Å². The van der Waals surface area contributed by atoms with E-state index in [2.05, 4.69) is 30.3 Å². The second-order valence-electron chi connectivity index (χ2n) is 5.16. The Bertz CT molecular complexity index is 329. The molecule has 1 fully saturated rings. The summed E-state index contributed by atoms with van der Waals surface area (Å²) >= 11 is 1.87. The van der Waals surface area contributed by atoms with Gasteiger partial charge in [0.15, 0.2) is 0 Å². The molecule has 0 aromatic carbocycles. The number of hydrogen-bond acceptors (Lipinski definition) is 3. The van der Waals surface area contributed by atoms with Crippen LogP contribution in [-0.4, -0.2) is 18.1 Å². The molecule has 0 saturated heterocycles. The molecule has 0 amide bonds. The predicted molar refractivity (Wildman–Crippen MR) is 74.5 cm³/mol. The molecule has 1 unspecified atom stereocenters. The fourth-order valence-electron chi connectivity index (χ4n) is 2.92. The van der Waals surface area contributed by atoms with Crippen molar-refractivity contribution in [1.29, 1.82) is 0 Å². The Balaban J connectivity index is 1.94. The van der Waals surface area contributed by atoms with Gasteiger partial charge in [0, 0.05) is 11.1 Å². The van der Waals surface area contributed by atoms with Crippen LogP contribution in [-0.2, 0) is 6.42 Å². The summed E-state index contributed by atoms with van der Waals surface area (Å²) < 4.78 is 0. The first-order valence-electron chi connectivity index (χ1n) is 6.91. The average Bonchev–Trinajstić information content (AvgIpc) is 2.95. The lowest BCUT2D eigenvalue weighted by Gasteiger charge is -2.23. The minimum Gasteiger partial charge on any atom is -0.317 e. The number of aryl methyl sites for hydroxylation is 1. The van der Waals surface area contributed by atoms with Crippen LogP contribution in [0.5, 0.6) is 0 Å². The van der Waals surface area contributed by atoms with Gasteiger partial charge in [-0.3, -0.25) is 0 Å². The molecule has 1 heterocycles. The van der Waals surface area contributed by atoms with Crippen molar-refractivity contribution in [3.63, 3.8) is 0 Å². The topological polar surface area (TPSA) is 24.9 Å². The van der Waals surface area contributed by atoms with Gasteiger partial charge in [-0.1, -0.05) is 32.6 Å². The summed E-state index contributed by atoms with van der Waals surface area (Å²) in [5, 5.41) is 4.74. The first kappa shape index (κ1) is 13.0. The molecule has 2 rings (SSSR count). The Morgan fingerprint density at radius 3 is 2.82 bits per heavy atom. The molecule has 1 aromatic heterocycles. The molecule has 96 valence electrons. The number of nitrogens with zero attached hydrogens (tertiary/aromatic N) is 1. The molecule has 3 heteroatoms. The summed E-state index contributed by atoms with van der Waals surface area (Å²) in [4.78, 5) is 5.84. The molecule has 0 spiro atoms. The number of nitrogens with one attached hydrogen (secondary N) is 1. The van der Waals surface area contributed by atoms with Gasteiger partial charge in [0.25, 0.3) is 0 Å². The third kappa shape index (κ3) is 3.78. The van der Waals surface area contributed by atoms with E-state index in [-0.39, 0.29) is 0 Å². The number of rotatable bonds is 6. The molecule has 0 radical (unpaired) electrons. The second kappa shape index (κ2) is 6.50. The molecule has 2 nitrogen and oxygen atoms in total. The maximum atomic E-state index is 4.37. The fourth-order valence-corrected chi connectivity index (χ4v) is 3.81. The van der Waals surface area contributed by atoms with E-state index in [0.29, 0.717) is 0 Å². The molecule has 1 aromatic rings. The highest BCUT2D eigenvalue weighted by Gasteiger charge is 2.25. The molecule has 1 saturated carbocycles. The Kier molecular flexibility index (Phi) is 4.99. The first-order chi connectivity index (χ1) is 8.29. The van der Waals surface area contributed by atoms with Crippen molar-refractivity contribution in [2.75, 3.05) is 13.1 Å². The number of thiazole rings is 1. The van der Waals surface area contributed by atoms with Crippen molar-refractivity contribution in [1.82, 2.24) is 10.3 Å². The third-order valence-electron chi connectivity index (χ3n) is 3.86. The summed E-state index contributed by atoms with van der Waals surface area (Å²) in [5.41, 5.74) is 0. The zero-order chi connectivity index (χ0) is 12.1. The van der Waals surface area contributed by atoms with Crippen LogP contribution in [0.15, 0.2) is 6.20 Å². The molecular formula is C14H24N2S. The van der Waals surface area contributed by atoms with Crippen molar-refractivity contribution < 1.29 is 0 Å². The lowest BCUT2D eigenvalue weighted by atomic mass is 9.87. The van der Waals surface area contributed by atoms with E-state index in [1.807, 2.05) is 11.3 Å². The van der Waals surface area contributed by atoms with E-state index in [1.165, 1.54) is 48.5 Å². The van der Waals surface area contributed by atoms with Crippen molar-refractivity contribution in [3.8, 4) is 0 Å². The molecule has 0 aliphatic heterocycles. The average molecular weight is 252 g/mol. The van der Waals surface area contributed by atoms with Gasteiger partial charge in [0.05, 0.1) is 5.01 Å². The lowest BCUT2D eigenvalue weighted by Crippen LogP contribution is -2.28. The van der Waals surface area contributed by atoms with Crippen LogP contribution >= 0.6 is 11.3 Å². The van der Waals surface area contributed by atoms with Crippen LogP contribution in [0.25, 0.3) is 0 Å². The Hall–Kier alpha value is -0.410. The quantitative estimate of drug-likeness (QED) is 0.839. The first-order valence-corrected chi connectivity index (χ1v) is 7.73. The van der Waals surface area contributed by atoms with E-state index in [0.717, 1.165) is 18.4 Å². The largest absolute Gasteiger partial charge is 0.317 e. The number of hydrogen-bond donors (Lipinski definition) is 1. The monoisotopic (exact) mass is 252 g/mol. The highest BCUT2D eigenvalue weighted by atomic mass is 32.1. The highest BCUT2D eigenvalue weighted by molar-refractivity contribution is 7.11. The van der Waals surface area contributed by atoms with Crippen LogP contribution in [0.1, 0.15) is 42.5 Å². The molecule has 1 N–H and O–H groups in total. The molecule has 1 aliphatic carbocycles. The summed E-state index contributed by atoms with van der Waals surface area (Å²) in [6, 6.07) is 0. The third-order valence-corrected chi connectivity index (χ3v) is 4.79. The van der Waals surface area contributed by atoms with Crippen LogP contribution < -0.4 is 5.32 Å². The summed E-state index contributed by atoms with van der Waals surface area (Å²) in [5.74, 6) is 1.76. The summed E-state index contributed by atoms with van der Waals surface area (Å²) in [6.45, 7) is 6.56. The van der Waals surface area contributed by atoms with Crippen LogP contribution in [0.4, 0.5) is 0 Å². The molecular weight excluding hydrogens is 228 g/mol. The lowest BCUT2D eigenvalue weighted by molar-refractivity contribution is 0.325. The van der Waals surface area contributed by atoms with E-state index in [9.17, 15) is 0 Å². The fraction of sp³-hybridized carbons (Fsp3) is 0.786. The van der Waals surface area contributed by atoms with Gasteiger partial charge < -0.3 is 5.32 Å². The standard InChI is InChI=1S/C14H24N2S/c1-3-15-9-13(12-6-4-5-7-12)8-14-10-16-11(2)17-14/h10,12-13,15H,3-9H2,1-2H3. The SMILES string of the molecule is CCNCC(Cc1cnc(C)s1)C1CCCC1. The van der Waals surface area contributed by atoms with Gasteiger partial charge in [-0.25, -0.2) is 4.98 Å². The van der Waals surface area contributed by atoms with Crippen molar-refractivity contribution in [2.24, 2.45) is 11.8 Å². The normalized spacial score (nSPS) is 18.7. The van der Waals surface area contributed by atoms with E-state index >= 15 is 0 Å². The van der Waals surface area contributed by atoms with Crippen LogP contribution in [0.3, 0.4) is 0 Å². The Morgan fingerprint density at radius 2 is 2.24 bits per heavy atom. The summed E-state index contributed by atoms with van der Waals surface area (Å²) in [7, 11) is 0. The molecule has 1 aliphatic rings. The van der Waals surface area contributed by atoms with E-state index < -0.39 is 0 Å². The van der Waals surface area contributed by atoms with Crippen LogP contribution in [0, 0.1) is 18.8 Å². The zero-order valence-corrected chi connectivity index (χ0v) is 11.9. The van der Waals surface area contributed by atoms with Crippen molar-refractivity contribution >= 4 is 11.3 Å². The maximum absolute atomic E-state index is 4.37. The molecule has 17 heavy (non-hydrogen) atoms. The van der Waals surface area contributed by atoms with Gasteiger partial charge in [-0.15, -0.1) is 11.3 Å². The van der Waals surface area contributed by atoms with Gasteiger partial charge in [0.1, 0.15) is 0 Å². The maximum Gasteiger partial charge on any atom is 0.0896 e. The van der Waals surface area contributed by atoms with Gasteiger partial charge in [-0.2, -0.15) is 0 Å². The van der Waals surface area contributed by atoms with Gasteiger partial charge in [-0.05, 0) is 38.3 Å². The Morgan fingerprint density at radius 1 is 1.47 bits per heavy atom. The minimum absolute atomic E-state index is 0.817. The van der Waals surface area contributed by atoms with Gasteiger partial charge >= 0.3 is 0 Å². The second-order valence-corrected chi connectivity index (χ2v) is 6.48. The highest BCUT2D eigenvalue weighted by Crippen LogP contribution is 2.33.